The largest absolute Gasteiger partial charge is 0.416 e. The molecule has 3 saturated carbocycles. The Hall–Kier alpha value is -1.28. The lowest BCUT2D eigenvalue weighted by Crippen LogP contribution is -2.55. The summed E-state index contributed by atoms with van der Waals surface area (Å²) in [6.45, 7) is 15.7. The van der Waals surface area contributed by atoms with E-state index in [0.717, 1.165) is 30.4 Å². The molecule has 0 heterocycles. The first-order valence-electron chi connectivity index (χ1n) is 15.7. The van der Waals surface area contributed by atoms with E-state index in [-0.39, 0.29) is 38.9 Å². The van der Waals surface area contributed by atoms with Crippen LogP contribution in [0.2, 0.25) is 18.1 Å². The van der Waals surface area contributed by atoms with Gasteiger partial charge in [0.15, 0.2) is 8.32 Å². The topological polar surface area (TPSA) is 69.7 Å². The van der Waals surface area contributed by atoms with Crippen molar-refractivity contribution < 1.29 is 24.6 Å². The molecule has 3 fully saturated rings. The van der Waals surface area contributed by atoms with Crippen LogP contribution in [0, 0.1) is 35.5 Å². The Morgan fingerprint density at radius 1 is 1.08 bits per heavy atom. The van der Waals surface area contributed by atoms with Gasteiger partial charge in [0, 0.05) is 26.6 Å². The first-order chi connectivity index (χ1) is 18.8. The highest BCUT2D eigenvalue weighted by Crippen LogP contribution is 2.64. The molecule has 6 atom stereocenters. The Balaban J connectivity index is 1.51. The molecule has 0 aromatic heterocycles. The minimum absolute atomic E-state index is 0.0159. The van der Waals surface area contributed by atoms with Gasteiger partial charge in [-0.05, 0) is 99.8 Å². The number of hydrogen-bond acceptors (Lipinski definition) is 5. The average Bonchev–Trinajstić information content (AvgIpc) is 3.16. The summed E-state index contributed by atoms with van der Waals surface area (Å²) in [7, 11) is -6.07. The van der Waals surface area contributed by atoms with Crippen LogP contribution < -0.4 is 0 Å². The lowest BCUT2D eigenvalue weighted by atomic mass is 9.47. The van der Waals surface area contributed by atoms with Gasteiger partial charge < -0.3 is 4.43 Å². The molecule has 1 aromatic carbocycles. The van der Waals surface area contributed by atoms with Crippen LogP contribution in [-0.2, 0) is 23.5 Å². The maximum Gasteiger partial charge on any atom is 0.297 e. The van der Waals surface area contributed by atoms with E-state index in [9.17, 15) is 16.0 Å². The van der Waals surface area contributed by atoms with Crippen molar-refractivity contribution in [1.29, 1.82) is 0 Å². The van der Waals surface area contributed by atoms with E-state index in [1.807, 2.05) is 6.92 Å². The van der Waals surface area contributed by atoms with Crippen molar-refractivity contribution in [2.45, 2.75) is 115 Å². The van der Waals surface area contributed by atoms with Crippen LogP contribution >= 0.6 is 0 Å². The Morgan fingerprint density at radius 2 is 1.77 bits per heavy atom. The fraction of sp³-hybridized carbons (Fsp3) is 0.719. The maximum absolute atomic E-state index is 13.2. The van der Waals surface area contributed by atoms with E-state index in [1.165, 1.54) is 0 Å². The molecule has 0 N–H and O–H groups in total. The second-order valence-electron chi connectivity index (χ2n) is 14.4. The maximum atomic E-state index is 13.2. The van der Waals surface area contributed by atoms with Gasteiger partial charge in [0.2, 0.25) is 0 Å². The van der Waals surface area contributed by atoms with Gasteiger partial charge in [0.05, 0.1) is 11.0 Å². The van der Waals surface area contributed by atoms with Gasteiger partial charge in [-0.25, -0.2) is 0 Å². The summed E-state index contributed by atoms with van der Waals surface area (Å²) in [6.07, 6.45) is 4.14. The molecule has 0 unspecified atom stereocenters. The molecule has 0 amide bonds. The van der Waals surface area contributed by atoms with Crippen molar-refractivity contribution in [2.24, 2.45) is 28.6 Å². The van der Waals surface area contributed by atoms with Crippen LogP contribution in [0.1, 0.15) is 87.3 Å². The molecule has 7 heteroatoms. The summed E-state index contributed by atoms with van der Waals surface area (Å²) in [4.78, 5) is 13.2. The number of hydrogen-bond donors (Lipinski definition) is 0. The lowest BCUT2D eigenvalue weighted by Gasteiger charge is -2.58. The Labute approximate surface area is 240 Å². The van der Waals surface area contributed by atoms with E-state index >= 15 is 0 Å². The highest BCUT2D eigenvalue weighted by Gasteiger charge is 2.60. The van der Waals surface area contributed by atoms with Crippen LogP contribution in [0.3, 0.4) is 0 Å². The van der Waals surface area contributed by atoms with Gasteiger partial charge in [-0.2, -0.15) is 8.42 Å². The van der Waals surface area contributed by atoms with Gasteiger partial charge in [-0.15, -0.1) is 0 Å². The van der Waals surface area contributed by atoms with Gasteiger partial charge in [-0.3, -0.25) is 8.98 Å². The molecule has 0 aliphatic heterocycles. The number of Topliss-reactive ketones (excluding diaryl/α,β-unsaturated/α-hetero) is 1. The standard InChI is InChI=1S/C32H48O5SSi/c1-22-8-11-25(12-9-22)38(34,35)37-24-16-19-32(21-36-39(6,7)30(2,3)4)23(20-24)10-13-26-27-14-15-29(33)31(27,5)18-17-28(26)32/h8-12,24,26-28H,13-21H2,1-7H3/t24-,26-,27-,28-,31-,32+/m0/s1/i13D2. The normalized spacial score (nSPS) is 37.2. The second-order valence-corrected chi connectivity index (χ2v) is 20.8. The zero-order chi connectivity index (χ0) is 30.2. The highest BCUT2D eigenvalue weighted by molar-refractivity contribution is 7.86. The first kappa shape index (κ1) is 26.6. The predicted molar refractivity (Wildman–Crippen MR) is 157 cm³/mol. The van der Waals surface area contributed by atoms with E-state index < -0.39 is 36.3 Å². The number of allylic oxidation sites excluding steroid dienone is 1. The summed E-state index contributed by atoms with van der Waals surface area (Å²) in [5, 5.41) is 0.0294. The minimum atomic E-state index is -3.95. The quantitative estimate of drug-likeness (QED) is 0.199. The number of carbonyl (C=O) groups excluding carboxylic acids is 1. The molecule has 5 nitrogen and oxygen atoms in total. The van der Waals surface area contributed by atoms with Crippen molar-refractivity contribution in [2.75, 3.05) is 6.61 Å². The number of aryl methyl sites for hydroxylation is 1. The fourth-order valence-corrected chi connectivity index (χ4v) is 9.69. The highest BCUT2D eigenvalue weighted by atomic mass is 32.2. The third-order valence-electron chi connectivity index (χ3n) is 11.2. The van der Waals surface area contributed by atoms with Crippen LogP contribution in [0.25, 0.3) is 0 Å². The summed E-state index contributed by atoms with van der Waals surface area (Å²) in [5.74, 6) is 0.0906. The molecule has 4 aliphatic rings. The summed E-state index contributed by atoms with van der Waals surface area (Å²) in [6, 6.07) is 6.69. The van der Waals surface area contributed by atoms with Gasteiger partial charge in [0.25, 0.3) is 10.1 Å². The molecule has 0 saturated heterocycles. The molecule has 5 rings (SSSR count). The van der Waals surface area contributed by atoms with Crippen LogP contribution in [0.4, 0.5) is 0 Å². The first-order valence-corrected chi connectivity index (χ1v) is 19.0. The summed E-state index contributed by atoms with van der Waals surface area (Å²) >= 11 is 0. The number of rotatable bonds is 6. The SMILES string of the molecule is [2H]C1([2H])C=C2C[C@@H](OS(=O)(=O)c3ccc(C)cc3)CC[C@]2(CO[Si](C)(C)C(C)(C)C)[C@H]2CC[C@]3(C)C(=O)CC[C@H]3[C@@H]21. The Morgan fingerprint density at radius 3 is 2.44 bits per heavy atom. The van der Waals surface area contributed by atoms with Gasteiger partial charge >= 0.3 is 0 Å². The van der Waals surface area contributed by atoms with Gasteiger partial charge in [0.1, 0.15) is 5.78 Å². The Kier molecular flexibility index (Phi) is 6.77. The molecule has 4 aliphatic carbocycles. The predicted octanol–water partition coefficient (Wildman–Crippen LogP) is 7.60. The smallest absolute Gasteiger partial charge is 0.297 e. The lowest BCUT2D eigenvalue weighted by molar-refractivity contribution is -0.132. The minimum Gasteiger partial charge on any atom is -0.416 e. The molecular weight excluding hydrogens is 525 g/mol. The van der Waals surface area contributed by atoms with Crippen molar-refractivity contribution in [3.05, 3.63) is 41.5 Å². The number of ketones is 1. The van der Waals surface area contributed by atoms with Crippen molar-refractivity contribution >= 4 is 24.2 Å². The van der Waals surface area contributed by atoms with E-state index in [2.05, 4.69) is 40.8 Å². The zero-order valence-electron chi connectivity index (χ0n) is 26.8. The Bertz CT molecular complexity index is 1330. The fourth-order valence-electron chi connectivity index (χ4n) is 7.54. The molecular formula is C32H48O5SSi. The van der Waals surface area contributed by atoms with Crippen molar-refractivity contribution in [3.63, 3.8) is 0 Å². The molecule has 0 bridgehead atoms. The average molecular weight is 575 g/mol. The van der Waals surface area contributed by atoms with E-state index in [1.54, 1.807) is 30.3 Å². The van der Waals surface area contributed by atoms with Crippen molar-refractivity contribution in [1.82, 2.24) is 0 Å². The summed E-state index contributed by atoms with van der Waals surface area (Å²) < 4.78 is 57.8. The van der Waals surface area contributed by atoms with Crippen LogP contribution in [0.5, 0.6) is 0 Å². The molecule has 216 valence electrons. The zero-order valence-corrected chi connectivity index (χ0v) is 26.6. The molecule has 0 spiro atoms. The van der Waals surface area contributed by atoms with E-state index in [0.29, 0.717) is 32.3 Å². The van der Waals surface area contributed by atoms with Crippen molar-refractivity contribution in [3.8, 4) is 0 Å². The second kappa shape index (κ2) is 9.92. The molecule has 1 aromatic rings. The van der Waals surface area contributed by atoms with Crippen LogP contribution in [0.15, 0.2) is 40.8 Å². The number of benzene rings is 1. The van der Waals surface area contributed by atoms with E-state index in [4.69, 9.17) is 8.61 Å². The third-order valence-corrected chi connectivity index (χ3v) is 17.1. The summed E-state index contributed by atoms with van der Waals surface area (Å²) in [5.41, 5.74) is 1.09. The van der Waals surface area contributed by atoms with Crippen LogP contribution in [-0.4, -0.2) is 35.2 Å². The monoisotopic (exact) mass is 574 g/mol. The van der Waals surface area contributed by atoms with Gasteiger partial charge in [-0.1, -0.05) is 57.0 Å². The molecule has 39 heavy (non-hydrogen) atoms. The molecule has 0 radical (unpaired) electrons. The number of carbonyl (C=O) groups is 1. The third kappa shape index (κ3) is 5.04. The number of fused-ring (bicyclic) bond motifs is 5.